The molecule has 0 amide bonds. The maximum atomic E-state index is 5.43. The molecule has 1 aliphatic rings. The smallest absolute Gasteiger partial charge is 0.238 e. The fourth-order valence-electron chi connectivity index (χ4n) is 10.9. The monoisotopic (exact) mass is 867 g/mol. The van der Waals surface area contributed by atoms with Crippen LogP contribution >= 0.6 is 0 Å². The predicted octanol–water partition coefficient (Wildman–Crippen LogP) is 14.9. The summed E-state index contributed by atoms with van der Waals surface area (Å²) in [5, 5.41) is 4.60. The highest BCUT2D eigenvalue weighted by molar-refractivity contribution is 6.24. The van der Waals surface area contributed by atoms with Gasteiger partial charge in [0.25, 0.3) is 0 Å². The largest absolute Gasteiger partial charge is 0.307 e. The third-order valence-electron chi connectivity index (χ3n) is 14.5. The molecule has 0 unspecified atom stereocenters. The lowest BCUT2D eigenvalue weighted by Crippen LogP contribution is -2.59. The number of hydrogen-bond donors (Lipinski definition) is 0. The van der Waals surface area contributed by atoms with E-state index in [4.69, 9.17) is 21.5 Å². The predicted molar refractivity (Wildman–Crippen MR) is 277 cm³/mol. The highest BCUT2D eigenvalue weighted by Crippen LogP contribution is 2.46. The maximum Gasteiger partial charge on any atom is 0.238 e. The van der Waals surface area contributed by atoms with Crippen molar-refractivity contribution in [2.75, 3.05) is 0 Å². The van der Waals surface area contributed by atoms with Crippen molar-refractivity contribution in [1.82, 2.24) is 24.1 Å². The van der Waals surface area contributed by atoms with Gasteiger partial charge in [-0.25, -0.2) is 4.98 Å². The Labute approximate surface area is 391 Å². The van der Waals surface area contributed by atoms with Crippen LogP contribution in [0.3, 0.4) is 0 Å². The number of nitrogens with zero attached hydrogens (tertiary/aromatic N) is 6. The summed E-state index contributed by atoms with van der Waals surface area (Å²) in [5.41, 5.74) is 15.6. The standard InChI is InChI=1S/C61H51N6/c1-5-8-19-41-27-29-43(30-28-41)59-62-58(42-20-11-9-12-21-42)63-60(64-59)67-55-36-32-45(44-31-33-47-40(4)61(6-2,7-3)65-37-18-17-25-53(65)51(47)38-44)39-52(55)50-35-34-49-48-24-15-16-26-54(48)66(56(49)57(50)67)46-22-13-10-14-23-46/h9-18,20-39H,4-8,19H2,1-3H3/q+1. The van der Waals surface area contributed by atoms with Gasteiger partial charge in [0, 0.05) is 68.9 Å². The molecular weight excluding hydrogens is 817 g/mol. The van der Waals surface area contributed by atoms with Crippen molar-refractivity contribution in [3.63, 3.8) is 0 Å². The summed E-state index contributed by atoms with van der Waals surface area (Å²) < 4.78 is 7.17. The lowest BCUT2D eigenvalue weighted by Gasteiger charge is -2.34. The van der Waals surface area contributed by atoms with E-state index in [1.54, 1.807) is 0 Å². The molecule has 7 aromatic carbocycles. The molecule has 12 rings (SSSR count). The Morgan fingerprint density at radius 1 is 0.507 bits per heavy atom. The highest BCUT2D eigenvalue weighted by Gasteiger charge is 2.46. The molecule has 324 valence electrons. The van der Waals surface area contributed by atoms with Crippen molar-refractivity contribution in [2.24, 2.45) is 0 Å². The van der Waals surface area contributed by atoms with Crippen LogP contribution in [0.4, 0.5) is 0 Å². The molecule has 11 aromatic rings. The van der Waals surface area contributed by atoms with Gasteiger partial charge in [0.15, 0.2) is 23.4 Å². The first-order valence-electron chi connectivity index (χ1n) is 23.8. The van der Waals surface area contributed by atoms with E-state index in [0.29, 0.717) is 17.6 Å². The van der Waals surface area contributed by atoms with Gasteiger partial charge in [-0.15, -0.1) is 0 Å². The van der Waals surface area contributed by atoms with Crippen molar-refractivity contribution < 1.29 is 4.57 Å². The molecule has 5 heterocycles. The number of benzene rings is 7. The van der Waals surface area contributed by atoms with Crippen LogP contribution in [0.5, 0.6) is 0 Å². The Bertz CT molecular complexity index is 3710. The van der Waals surface area contributed by atoms with Crippen molar-refractivity contribution in [3.05, 3.63) is 200 Å². The number of aryl methyl sites for hydroxylation is 1. The minimum absolute atomic E-state index is 0.160. The van der Waals surface area contributed by atoms with E-state index in [9.17, 15) is 0 Å². The van der Waals surface area contributed by atoms with Gasteiger partial charge >= 0.3 is 0 Å². The van der Waals surface area contributed by atoms with Gasteiger partial charge < -0.3 is 4.57 Å². The van der Waals surface area contributed by atoms with E-state index in [-0.39, 0.29) is 5.54 Å². The second kappa shape index (κ2) is 16.2. The van der Waals surface area contributed by atoms with Crippen molar-refractivity contribution in [3.8, 4) is 56.8 Å². The van der Waals surface area contributed by atoms with Crippen LogP contribution in [0.2, 0.25) is 0 Å². The molecule has 0 radical (unpaired) electrons. The van der Waals surface area contributed by atoms with Crippen LogP contribution in [0.1, 0.15) is 57.6 Å². The normalized spacial score (nSPS) is 13.1. The zero-order valence-electron chi connectivity index (χ0n) is 38.2. The van der Waals surface area contributed by atoms with Crippen LogP contribution in [0.25, 0.3) is 106 Å². The summed E-state index contributed by atoms with van der Waals surface area (Å²) in [6.07, 6.45) is 7.55. The summed E-state index contributed by atoms with van der Waals surface area (Å²) >= 11 is 0. The van der Waals surface area contributed by atoms with Crippen molar-refractivity contribution in [1.29, 1.82) is 0 Å². The molecule has 0 atom stereocenters. The molecule has 67 heavy (non-hydrogen) atoms. The third-order valence-corrected chi connectivity index (χ3v) is 14.5. The van der Waals surface area contributed by atoms with Gasteiger partial charge in [-0.05, 0) is 77.6 Å². The molecule has 0 aliphatic carbocycles. The number of pyridine rings is 1. The first-order chi connectivity index (χ1) is 33.0. The van der Waals surface area contributed by atoms with Crippen molar-refractivity contribution in [2.45, 2.75) is 58.4 Å². The Hall–Kier alpha value is -7.96. The lowest BCUT2D eigenvalue weighted by atomic mass is 9.75. The van der Waals surface area contributed by atoms with Gasteiger partial charge in [-0.3, -0.25) is 4.57 Å². The summed E-state index contributed by atoms with van der Waals surface area (Å²) in [5.74, 6) is 1.83. The Morgan fingerprint density at radius 3 is 1.87 bits per heavy atom. The molecule has 0 bridgehead atoms. The Kier molecular flexibility index (Phi) is 9.79. The van der Waals surface area contributed by atoms with Crippen molar-refractivity contribution >= 4 is 49.2 Å². The number of aromatic nitrogens is 6. The summed E-state index contributed by atoms with van der Waals surface area (Å²) in [7, 11) is 0. The number of para-hydroxylation sites is 2. The van der Waals surface area contributed by atoms with Crippen LogP contribution in [0.15, 0.2) is 189 Å². The summed E-state index contributed by atoms with van der Waals surface area (Å²) in [6, 6.07) is 63.5. The summed E-state index contributed by atoms with van der Waals surface area (Å²) in [6.45, 7) is 11.5. The molecule has 0 saturated heterocycles. The average Bonchev–Trinajstić information content (AvgIpc) is 3.92. The van der Waals surface area contributed by atoms with Gasteiger partial charge in [0.05, 0.1) is 27.6 Å². The molecule has 0 saturated carbocycles. The third kappa shape index (κ3) is 6.38. The van der Waals surface area contributed by atoms with Gasteiger partial charge in [-0.1, -0.05) is 155 Å². The van der Waals surface area contributed by atoms with Crippen LogP contribution in [-0.2, 0) is 12.0 Å². The molecule has 6 nitrogen and oxygen atoms in total. The van der Waals surface area contributed by atoms with Gasteiger partial charge in [0.1, 0.15) is 0 Å². The summed E-state index contributed by atoms with van der Waals surface area (Å²) in [4.78, 5) is 16.0. The van der Waals surface area contributed by atoms with E-state index >= 15 is 0 Å². The second-order valence-corrected chi connectivity index (χ2v) is 18.0. The zero-order valence-corrected chi connectivity index (χ0v) is 38.2. The van der Waals surface area contributed by atoms with Gasteiger partial charge in [0.2, 0.25) is 11.6 Å². The fraction of sp³-hybridized carbons (Fsp3) is 0.148. The molecule has 0 fully saturated rings. The fourth-order valence-corrected chi connectivity index (χ4v) is 10.9. The number of fused-ring (bicyclic) bond motifs is 10. The van der Waals surface area contributed by atoms with Gasteiger partial charge in [-0.2, -0.15) is 14.5 Å². The van der Waals surface area contributed by atoms with Crippen LogP contribution in [0, 0.1) is 0 Å². The number of unbranched alkanes of at least 4 members (excludes halogenated alkanes) is 1. The van der Waals surface area contributed by atoms with E-state index in [1.807, 2.05) is 18.2 Å². The first kappa shape index (κ1) is 40.5. The number of rotatable bonds is 10. The maximum absolute atomic E-state index is 5.43. The Balaban J connectivity index is 1.15. The lowest BCUT2D eigenvalue weighted by molar-refractivity contribution is -0.741. The van der Waals surface area contributed by atoms with E-state index < -0.39 is 0 Å². The van der Waals surface area contributed by atoms with E-state index in [1.165, 1.54) is 33.3 Å². The first-order valence-corrected chi connectivity index (χ1v) is 23.8. The minimum atomic E-state index is -0.160. The molecule has 6 heteroatoms. The Morgan fingerprint density at radius 2 is 1.12 bits per heavy atom. The molecule has 0 spiro atoms. The van der Waals surface area contributed by atoms with E-state index in [2.05, 4.69) is 198 Å². The minimum Gasteiger partial charge on any atom is -0.307 e. The SMILES string of the molecule is C=C1c2ccc(-c3ccc4c(c3)c3ccc5c6ccccc6n(-c6ccccc6)c5c3n4-c3nc(-c4ccccc4)nc(-c4ccc(CCCC)cc4)n3)cc2-c2cccc[n+]2C1(CC)CC. The molecule has 4 aromatic heterocycles. The quantitative estimate of drug-likeness (QED) is 0.129. The molecular formula is C61H51N6+. The second-order valence-electron chi connectivity index (χ2n) is 18.0. The average molecular weight is 868 g/mol. The highest BCUT2D eigenvalue weighted by atomic mass is 15.2. The van der Waals surface area contributed by atoms with E-state index in [0.717, 1.165) is 98.3 Å². The van der Waals surface area contributed by atoms with Crippen LogP contribution < -0.4 is 4.57 Å². The topological polar surface area (TPSA) is 52.4 Å². The van der Waals surface area contributed by atoms with Crippen LogP contribution in [-0.4, -0.2) is 24.1 Å². The zero-order chi connectivity index (χ0) is 45.2. The molecule has 0 N–H and O–H groups in total. The molecule has 1 aliphatic heterocycles. The number of allylic oxidation sites excluding steroid dienone is 1. The number of hydrogen-bond acceptors (Lipinski definition) is 3.